The first-order valence-corrected chi connectivity index (χ1v) is 8.21. The number of ether oxygens (including phenoxy) is 2. The number of carbonyl (C=O) groups excluding carboxylic acids is 4. The fourth-order valence-corrected chi connectivity index (χ4v) is 1.78. The van der Waals surface area contributed by atoms with E-state index in [2.05, 4.69) is 9.47 Å². The molecule has 0 aliphatic heterocycles. The lowest BCUT2D eigenvalue weighted by atomic mass is 10.2. The van der Waals surface area contributed by atoms with Crippen LogP contribution >= 0.6 is 0 Å². The van der Waals surface area contributed by atoms with Crippen LogP contribution in [0.15, 0.2) is 0 Å². The molecule has 1 unspecified atom stereocenters. The number of carboxylic acid groups (broad SMARTS) is 2. The molecule has 0 heterocycles. The first-order valence-electron chi connectivity index (χ1n) is 8.21. The largest absolute Gasteiger partial charge is 0.481 e. The Balaban J connectivity index is 4.03. The van der Waals surface area contributed by atoms with Gasteiger partial charge in [0.25, 0.3) is 0 Å². The molecule has 3 N–H and O–H groups in total. The number of carbonyl (C=O) groups is 6. The molecule has 0 aliphatic carbocycles. The SMILES string of the molecule is O=C(O)CCCCC(=O)OC(=O)CC(O)C(=O)OC(=O)CCCCC(=O)O. The third-order valence-electron chi connectivity index (χ3n) is 3.12. The molecule has 0 radical (unpaired) electrons. The molecule has 0 aromatic carbocycles. The van der Waals surface area contributed by atoms with E-state index in [0.717, 1.165) is 0 Å². The molecule has 27 heavy (non-hydrogen) atoms. The number of aliphatic hydroxyl groups excluding tert-OH is 1. The minimum Gasteiger partial charge on any atom is -0.481 e. The van der Waals surface area contributed by atoms with E-state index in [1.807, 2.05) is 0 Å². The van der Waals surface area contributed by atoms with Gasteiger partial charge in [0.1, 0.15) is 0 Å². The van der Waals surface area contributed by atoms with Crippen molar-refractivity contribution in [3.63, 3.8) is 0 Å². The Hall–Kier alpha value is -2.82. The highest BCUT2D eigenvalue weighted by Gasteiger charge is 2.25. The molecule has 0 spiro atoms. The lowest BCUT2D eigenvalue weighted by molar-refractivity contribution is -0.171. The van der Waals surface area contributed by atoms with Gasteiger partial charge >= 0.3 is 35.8 Å². The molecule has 1 atom stereocenters. The highest BCUT2D eigenvalue weighted by atomic mass is 16.6. The van der Waals surface area contributed by atoms with Crippen LogP contribution in [0.3, 0.4) is 0 Å². The third-order valence-corrected chi connectivity index (χ3v) is 3.12. The van der Waals surface area contributed by atoms with Crippen LogP contribution in [0.4, 0.5) is 0 Å². The molecule has 0 aromatic rings. The van der Waals surface area contributed by atoms with Crippen molar-refractivity contribution < 1.29 is 53.6 Å². The lowest BCUT2D eigenvalue weighted by Crippen LogP contribution is -2.29. The molecule has 0 saturated carbocycles. The Bertz CT molecular complexity index is 567. The van der Waals surface area contributed by atoms with Gasteiger partial charge in [-0.05, 0) is 25.7 Å². The predicted octanol–water partition coefficient (Wildman–Crippen LogP) is 0.167. The van der Waals surface area contributed by atoms with Gasteiger partial charge in [0.2, 0.25) is 0 Å². The van der Waals surface area contributed by atoms with Crippen molar-refractivity contribution in [1.82, 2.24) is 0 Å². The van der Waals surface area contributed by atoms with Gasteiger partial charge in [0, 0.05) is 25.7 Å². The van der Waals surface area contributed by atoms with Crippen LogP contribution in [0.25, 0.3) is 0 Å². The molecule has 0 amide bonds. The van der Waals surface area contributed by atoms with Crippen LogP contribution in [0.5, 0.6) is 0 Å². The molecule has 0 fully saturated rings. The maximum atomic E-state index is 11.5. The summed E-state index contributed by atoms with van der Waals surface area (Å²) in [6, 6.07) is 0. The molecule has 0 aliphatic rings. The number of carboxylic acids is 2. The van der Waals surface area contributed by atoms with Gasteiger partial charge in [0.05, 0.1) is 6.42 Å². The second-order valence-electron chi connectivity index (χ2n) is 5.56. The number of esters is 4. The summed E-state index contributed by atoms with van der Waals surface area (Å²) >= 11 is 0. The van der Waals surface area contributed by atoms with Crippen molar-refractivity contribution in [1.29, 1.82) is 0 Å². The van der Waals surface area contributed by atoms with Gasteiger partial charge in [-0.3, -0.25) is 24.0 Å². The number of aliphatic carboxylic acids is 2. The second kappa shape index (κ2) is 13.4. The Morgan fingerprint density at radius 3 is 1.48 bits per heavy atom. The summed E-state index contributed by atoms with van der Waals surface area (Å²) in [6.45, 7) is 0. The maximum absolute atomic E-state index is 11.5. The lowest BCUT2D eigenvalue weighted by Gasteiger charge is -2.09. The topological polar surface area (TPSA) is 182 Å². The second-order valence-corrected chi connectivity index (χ2v) is 5.56. The van der Waals surface area contributed by atoms with Gasteiger partial charge in [-0.25, -0.2) is 4.79 Å². The Morgan fingerprint density at radius 2 is 1.04 bits per heavy atom. The molecule has 0 saturated heterocycles. The standard InChI is InChI=1S/C16H22O11/c17-10(16(25)27-14(23)8-4-2-6-12(20)21)9-15(24)26-13(22)7-3-1-5-11(18)19/h10,17H,1-9H2,(H,18,19)(H,20,21). The summed E-state index contributed by atoms with van der Waals surface area (Å²) in [5.74, 6) is -6.53. The first-order chi connectivity index (χ1) is 12.6. The molecule has 11 nitrogen and oxygen atoms in total. The van der Waals surface area contributed by atoms with E-state index < -0.39 is 48.3 Å². The summed E-state index contributed by atoms with van der Waals surface area (Å²) in [7, 11) is 0. The molecular formula is C16H22O11. The Labute approximate surface area is 154 Å². The van der Waals surface area contributed by atoms with Crippen molar-refractivity contribution in [3.05, 3.63) is 0 Å². The number of hydrogen-bond donors (Lipinski definition) is 3. The molecule has 11 heteroatoms. The van der Waals surface area contributed by atoms with E-state index >= 15 is 0 Å². The number of rotatable bonds is 13. The molecule has 0 aromatic heterocycles. The Morgan fingerprint density at radius 1 is 0.630 bits per heavy atom. The van der Waals surface area contributed by atoms with Gasteiger partial charge in [-0.1, -0.05) is 0 Å². The van der Waals surface area contributed by atoms with Crippen molar-refractivity contribution in [3.8, 4) is 0 Å². The minimum atomic E-state index is -2.00. The van der Waals surface area contributed by atoms with Gasteiger partial charge in [0.15, 0.2) is 6.10 Å². The van der Waals surface area contributed by atoms with Gasteiger partial charge in [-0.15, -0.1) is 0 Å². The molecule has 0 bridgehead atoms. The molecular weight excluding hydrogens is 368 g/mol. The van der Waals surface area contributed by atoms with Crippen LogP contribution in [-0.4, -0.2) is 57.2 Å². The highest BCUT2D eigenvalue weighted by Crippen LogP contribution is 2.06. The average Bonchev–Trinajstić information content (AvgIpc) is 2.55. The number of unbranched alkanes of at least 4 members (excludes halogenated alkanes) is 2. The first kappa shape index (κ1) is 24.2. The van der Waals surface area contributed by atoms with E-state index in [9.17, 15) is 33.9 Å². The van der Waals surface area contributed by atoms with Crippen LogP contribution < -0.4 is 0 Å². The van der Waals surface area contributed by atoms with E-state index in [-0.39, 0.29) is 51.4 Å². The third kappa shape index (κ3) is 14.1. The van der Waals surface area contributed by atoms with Crippen molar-refractivity contribution >= 4 is 35.8 Å². The Kier molecular flexibility index (Phi) is 12.0. The fraction of sp³-hybridized carbons (Fsp3) is 0.625. The minimum absolute atomic E-state index is 0.129. The summed E-state index contributed by atoms with van der Waals surface area (Å²) < 4.78 is 8.65. The van der Waals surface area contributed by atoms with E-state index in [1.54, 1.807) is 0 Å². The van der Waals surface area contributed by atoms with E-state index in [1.165, 1.54) is 0 Å². The normalized spacial score (nSPS) is 11.3. The fourth-order valence-electron chi connectivity index (χ4n) is 1.78. The number of aliphatic hydroxyl groups is 1. The molecule has 152 valence electrons. The van der Waals surface area contributed by atoms with Crippen LogP contribution in [0, 0.1) is 0 Å². The maximum Gasteiger partial charge on any atom is 0.343 e. The summed E-state index contributed by atoms with van der Waals surface area (Å²) in [5, 5.41) is 26.3. The number of hydrogen-bond acceptors (Lipinski definition) is 9. The van der Waals surface area contributed by atoms with E-state index in [4.69, 9.17) is 10.2 Å². The van der Waals surface area contributed by atoms with Crippen LogP contribution in [0.2, 0.25) is 0 Å². The van der Waals surface area contributed by atoms with Crippen molar-refractivity contribution in [2.24, 2.45) is 0 Å². The summed E-state index contributed by atoms with van der Waals surface area (Å²) in [5.41, 5.74) is 0. The summed E-state index contributed by atoms with van der Waals surface area (Å²) in [4.78, 5) is 66.2. The predicted molar refractivity (Wildman–Crippen MR) is 85.0 cm³/mol. The monoisotopic (exact) mass is 390 g/mol. The van der Waals surface area contributed by atoms with Gasteiger partial charge in [-0.2, -0.15) is 0 Å². The van der Waals surface area contributed by atoms with Crippen molar-refractivity contribution in [2.45, 2.75) is 63.9 Å². The van der Waals surface area contributed by atoms with Gasteiger partial charge < -0.3 is 24.8 Å². The van der Waals surface area contributed by atoms with Crippen molar-refractivity contribution in [2.75, 3.05) is 0 Å². The zero-order chi connectivity index (χ0) is 20.8. The zero-order valence-electron chi connectivity index (χ0n) is 14.5. The smallest absolute Gasteiger partial charge is 0.343 e. The molecule has 0 rings (SSSR count). The highest BCUT2D eigenvalue weighted by molar-refractivity contribution is 5.92. The quantitative estimate of drug-likeness (QED) is 0.221. The van der Waals surface area contributed by atoms with Crippen LogP contribution in [-0.2, 0) is 38.2 Å². The van der Waals surface area contributed by atoms with Crippen LogP contribution in [0.1, 0.15) is 57.8 Å². The summed E-state index contributed by atoms with van der Waals surface area (Å²) in [6.07, 6.45) is -2.79. The van der Waals surface area contributed by atoms with E-state index in [0.29, 0.717) is 0 Å². The average molecular weight is 390 g/mol. The zero-order valence-corrected chi connectivity index (χ0v) is 14.5.